The zero-order valence-corrected chi connectivity index (χ0v) is 14.1. The molecule has 15 nitrogen and oxygen atoms in total. The van der Waals surface area contributed by atoms with Gasteiger partial charge in [0.2, 0.25) is 0 Å². The van der Waals surface area contributed by atoms with Gasteiger partial charge in [0, 0.05) is 0 Å². The van der Waals surface area contributed by atoms with E-state index in [-0.39, 0.29) is 26.4 Å². The molecule has 4 heterocycles. The molecule has 4 rings (SSSR count). The second kappa shape index (κ2) is 7.50. The fraction of sp³-hybridized carbons (Fsp3) is 0.923. The number of fused-ring (bicyclic) bond motifs is 2. The number of hydrogen-bond acceptors (Lipinski definition) is 13. The smallest absolute Gasteiger partial charge is 0.426 e. The number of hydrogen-bond donors (Lipinski definition) is 0. The van der Waals surface area contributed by atoms with E-state index in [1.165, 1.54) is 0 Å². The maximum Gasteiger partial charge on any atom is 0.509 e. The summed E-state index contributed by atoms with van der Waals surface area (Å²) in [5.74, 6) is 0. The van der Waals surface area contributed by atoms with Crippen molar-refractivity contribution in [3.8, 4) is 0 Å². The minimum absolute atomic E-state index is 0.0372. The molecule has 4 aliphatic rings. The average molecular weight is 408 g/mol. The summed E-state index contributed by atoms with van der Waals surface area (Å²) in [7, 11) is 0. The normalized spacial score (nSPS) is 41.1. The van der Waals surface area contributed by atoms with E-state index in [1.807, 2.05) is 0 Å². The van der Waals surface area contributed by atoms with Crippen molar-refractivity contribution >= 4 is 6.16 Å². The maximum absolute atomic E-state index is 12.1. The van der Waals surface area contributed by atoms with Crippen molar-refractivity contribution in [1.82, 2.24) is 0 Å². The monoisotopic (exact) mass is 408 g/mol. The van der Waals surface area contributed by atoms with Gasteiger partial charge in [0.05, 0.1) is 26.4 Å². The lowest BCUT2D eigenvalue weighted by Crippen LogP contribution is -2.38. The minimum atomic E-state index is -1.03. The number of carbonyl (C=O) groups excluding carboxylic acids is 1. The highest BCUT2D eigenvalue weighted by molar-refractivity contribution is 5.60. The summed E-state index contributed by atoms with van der Waals surface area (Å²) in [4.78, 5) is 42.0. The van der Waals surface area contributed by atoms with Crippen LogP contribution in [0.3, 0.4) is 0 Å². The molecular formula is C13H16N2O13. The van der Waals surface area contributed by atoms with Crippen molar-refractivity contribution < 1.29 is 53.1 Å². The van der Waals surface area contributed by atoms with Gasteiger partial charge in [0.1, 0.15) is 24.4 Å². The summed E-state index contributed by atoms with van der Waals surface area (Å²) < 4.78 is 31.9. The van der Waals surface area contributed by atoms with Crippen molar-refractivity contribution in [2.45, 2.75) is 48.8 Å². The number of rotatable bonds is 6. The zero-order valence-electron chi connectivity index (χ0n) is 14.1. The largest absolute Gasteiger partial charge is 0.509 e. The minimum Gasteiger partial charge on any atom is -0.426 e. The van der Waals surface area contributed by atoms with Gasteiger partial charge < -0.3 is 38.1 Å². The van der Waals surface area contributed by atoms with Gasteiger partial charge in [-0.3, -0.25) is 0 Å². The molecule has 0 aromatic heterocycles. The van der Waals surface area contributed by atoms with Crippen molar-refractivity contribution in [2.75, 3.05) is 26.4 Å². The van der Waals surface area contributed by atoms with Crippen LogP contribution >= 0.6 is 0 Å². The summed E-state index contributed by atoms with van der Waals surface area (Å²) in [5, 5.41) is 19.1. The molecule has 0 unspecified atom stereocenters. The first-order chi connectivity index (χ1) is 13.4. The van der Waals surface area contributed by atoms with Crippen LogP contribution in [0.25, 0.3) is 0 Å². The van der Waals surface area contributed by atoms with Gasteiger partial charge in [-0.2, -0.15) is 0 Å². The van der Waals surface area contributed by atoms with Gasteiger partial charge in [-0.25, -0.2) is 4.79 Å². The molecule has 0 radical (unpaired) electrons. The predicted molar refractivity (Wildman–Crippen MR) is 77.8 cm³/mol. The third-order valence-electron chi connectivity index (χ3n) is 4.86. The van der Waals surface area contributed by atoms with E-state index in [2.05, 4.69) is 9.68 Å². The zero-order chi connectivity index (χ0) is 19.8. The topological polar surface area (TPSA) is 177 Å². The van der Waals surface area contributed by atoms with Crippen molar-refractivity contribution in [3.63, 3.8) is 0 Å². The van der Waals surface area contributed by atoms with Gasteiger partial charge in [-0.1, -0.05) is 0 Å². The Morgan fingerprint density at radius 2 is 1.00 bits per heavy atom. The van der Waals surface area contributed by atoms with E-state index in [0.717, 1.165) is 0 Å². The number of carbonyl (C=O) groups is 1. The van der Waals surface area contributed by atoms with Gasteiger partial charge in [-0.15, -0.1) is 20.2 Å². The van der Waals surface area contributed by atoms with Crippen LogP contribution in [0.1, 0.15) is 0 Å². The highest BCUT2D eigenvalue weighted by atomic mass is 17.0. The third kappa shape index (κ3) is 3.60. The van der Waals surface area contributed by atoms with Crippen LogP contribution in [0.15, 0.2) is 0 Å². The van der Waals surface area contributed by atoms with Gasteiger partial charge >= 0.3 is 6.16 Å². The van der Waals surface area contributed by atoms with E-state index in [9.17, 15) is 25.0 Å². The summed E-state index contributed by atoms with van der Waals surface area (Å²) >= 11 is 0. The molecule has 4 aliphatic heterocycles. The highest BCUT2D eigenvalue weighted by Crippen LogP contribution is 2.33. The molecule has 0 N–H and O–H groups in total. The summed E-state index contributed by atoms with van der Waals surface area (Å²) in [5.41, 5.74) is 0. The molecular weight excluding hydrogens is 392 g/mol. The maximum atomic E-state index is 12.1. The molecule has 15 heteroatoms. The quantitative estimate of drug-likeness (QED) is 0.286. The Balaban J connectivity index is 1.27. The second-order valence-corrected chi connectivity index (χ2v) is 6.49. The van der Waals surface area contributed by atoms with Crippen LogP contribution in [-0.2, 0) is 38.1 Å². The number of ether oxygens (including phenoxy) is 6. The fourth-order valence-corrected chi connectivity index (χ4v) is 3.74. The molecule has 0 saturated carbocycles. The Kier molecular flexibility index (Phi) is 5.05. The Hall–Kier alpha value is -2.49. The molecule has 0 aromatic rings. The number of nitrogens with zero attached hydrogens (tertiary/aromatic N) is 2. The first kappa shape index (κ1) is 18.9. The first-order valence-corrected chi connectivity index (χ1v) is 8.38. The van der Waals surface area contributed by atoms with Crippen molar-refractivity contribution in [1.29, 1.82) is 0 Å². The molecule has 4 saturated heterocycles. The van der Waals surface area contributed by atoms with Gasteiger partial charge in [-0.05, 0) is 0 Å². The van der Waals surface area contributed by atoms with E-state index < -0.39 is 65.2 Å². The summed E-state index contributed by atoms with van der Waals surface area (Å²) in [6, 6.07) is 0. The molecule has 4 fully saturated rings. The Morgan fingerprint density at radius 3 is 1.36 bits per heavy atom. The van der Waals surface area contributed by atoms with E-state index in [4.69, 9.17) is 28.4 Å². The van der Waals surface area contributed by atoms with Crippen LogP contribution in [0.2, 0.25) is 0 Å². The molecule has 156 valence electrons. The molecule has 0 spiro atoms. The van der Waals surface area contributed by atoms with E-state index in [1.54, 1.807) is 0 Å². The van der Waals surface area contributed by atoms with Crippen LogP contribution in [0.4, 0.5) is 4.79 Å². The van der Waals surface area contributed by atoms with Crippen LogP contribution in [-0.4, -0.2) is 91.6 Å². The van der Waals surface area contributed by atoms with E-state index in [0.29, 0.717) is 0 Å². The standard InChI is InChI=1S/C13H16N2O13/c16-13(25-5-1-21-11-7(27-14(17)18)3-23-9(5)11)26-6-2-22-12-8(28-15(19)20)4-24-10(6)12/h5-12H,1-4H2/t5-,6-,7+,8+,9+,10+,11+,12+/m0/s1. The lowest BCUT2D eigenvalue weighted by atomic mass is 10.1. The molecule has 0 aromatic carbocycles. The molecule has 28 heavy (non-hydrogen) atoms. The second-order valence-electron chi connectivity index (χ2n) is 6.49. The molecule has 0 bridgehead atoms. The van der Waals surface area contributed by atoms with Crippen molar-refractivity contribution in [2.24, 2.45) is 0 Å². The van der Waals surface area contributed by atoms with E-state index >= 15 is 0 Å². The van der Waals surface area contributed by atoms with Crippen LogP contribution in [0.5, 0.6) is 0 Å². The summed E-state index contributed by atoms with van der Waals surface area (Å²) in [6.07, 6.45) is -7.40. The predicted octanol–water partition coefficient (Wildman–Crippen LogP) is -1.37. The lowest BCUT2D eigenvalue weighted by Gasteiger charge is -2.20. The average Bonchev–Trinajstić information content (AvgIpc) is 3.34. The highest BCUT2D eigenvalue weighted by Gasteiger charge is 2.53. The van der Waals surface area contributed by atoms with Crippen molar-refractivity contribution in [3.05, 3.63) is 20.2 Å². The molecule has 0 aliphatic carbocycles. The first-order valence-electron chi connectivity index (χ1n) is 8.38. The molecule has 0 amide bonds. The van der Waals surface area contributed by atoms with Gasteiger partial charge in [0.25, 0.3) is 10.2 Å². The Morgan fingerprint density at radius 1 is 0.679 bits per heavy atom. The third-order valence-corrected chi connectivity index (χ3v) is 4.86. The molecule has 8 atom stereocenters. The Labute approximate surface area is 155 Å². The lowest BCUT2D eigenvalue weighted by molar-refractivity contribution is -0.769. The summed E-state index contributed by atoms with van der Waals surface area (Å²) in [6.45, 7) is -0.219. The van der Waals surface area contributed by atoms with Crippen LogP contribution in [0, 0.1) is 20.2 Å². The SMILES string of the molecule is O=C(O[C@H]1CO[C@H]2[C@@H]1OC[C@H]2O[N+](=O)[O-])O[C@H]1CO[C@H]2[C@@H]1OC[C@H]2O[N+](=O)[O-]. The van der Waals surface area contributed by atoms with Gasteiger partial charge in [0.15, 0.2) is 24.4 Å². The van der Waals surface area contributed by atoms with Crippen LogP contribution < -0.4 is 0 Å². The fourth-order valence-electron chi connectivity index (χ4n) is 3.74. The Bertz CT molecular complexity index is 594.